The molecule has 0 heterocycles. The second-order valence-corrected chi connectivity index (χ2v) is 2.12. The lowest BCUT2D eigenvalue weighted by molar-refractivity contribution is -0.138. The Hall–Kier alpha value is -0.260. The van der Waals surface area contributed by atoms with Crippen LogP contribution < -0.4 is 5.32 Å². The maximum Gasteiger partial charge on any atom is 0.321 e. The van der Waals surface area contributed by atoms with E-state index in [9.17, 15) is 4.79 Å². The van der Waals surface area contributed by atoms with Crippen molar-refractivity contribution in [2.45, 2.75) is 6.04 Å². The van der Waals surface area contributed by atoms with E-state index in [0.717, 1.165) is 0 Å². The molecule has 0 spiro atoms. The average molecular weight is 165 g/mol. The average Bonchev–Trinajstić information content (AvgIpc) is 1.89. The molecule has 0 aliphatic rings. The number of aliphatic carboxylic acids is 1. The molecule has 0 aliphatic carbocycles. The van der Waals surface area contributed by atoms with Gasteiger partial charge in [0.2, 0.25) is 0 Å². The molecule has 0 unspecified atom stereocenters. The standard InChI is InChI=1S/C5H11NO3S/c7-2-1-6-4(3-10)5(8)9/h4,6-7,10H,1-3H2,(H,8,9)/t4-/m1/s1. The Labute approximate surface area is 64.7 Å². The maximum atomic E-state index is 10.2. The number of aliphatic hydroxyl groups excluding tert-OH is 1. The fraction of sp³-hybridized carbons (Fsp3) is 0.800. The Bertz CT molecular complexity index is 109. The van der Waals surface area contributed by atoms with Gasteiger partial charge in [-0.25, -0.2) is 0 Å². The fourth-order valence-corrected chi connectivity index (χ4v) is 0.754. The molecule has 0 fully saturated rings. The highest BCUT2D eigenvalue weighted by molar-refractivity contribution is 7.80. The first-order valence-electron chi connectivity index (χ1n) is 2.90. The van der Waals surface area contributed by atoms with Crippen LogP contribution in [0.3, 0.4) is 0 Å². The normalized spacial score (nSPS) is 13.0. The van der Waals surface area contributed by atoms with Crippen LogP contribution in [0.25, 0.3) is 0 Å². The Morgan fingerprint density at radius 1 is 1.70 bits per heavy atom. The molecule has 0 saturated heterocycles. The van der Waals surface area contributed by atoms with Crippen molar-refractivity contribution >= 4 is 18.6 Å². The highest BCUT2D eigenvalue weighted by Crippen LogP contribution is 1.86. The highest BCUT2D eigenvalue weighted by atomic mass is 32.1. The zero-order valence-corrected chi connectivity index (χ0v) is 6.34. The summed E-state index contributed by atoms with van der Waals surface area (Å²) in [4.78, 5) is 10.2. The summed E-state index contributed by atoms with van der Waals surface area (Å²) in [7, 11) is 0. The van der Waals surface area contributed by atoms with Crippen LogP contribution in [0.2, 0.25) is 0 Å². The van der Waals surface area contributed by atoms with Gasteiger partial charge in [0.15, 0.2) is 0 Å². The molecule has 10 heavy (non-hydrogen) atoms. The minimum Gasteiger partial charge on any atom is -0.480 e. The van der Waals surface area contributed by atoms with Crippen molar-refractivity contribution in [1.82, 2.24) is 5.32 Å². The first-order chi connectivity index (χ1) is 4.72. The van der Waals surface area contributed by atoms with Gasteiger partial charge >= 0.3 is 5.97 Å². The van der Waals surface area contributed by atoms with Crippen LogP contribution in [-0.2, 0) is 4.79 Å². The number of carboxylic acids is 1. The smallest absolute Gasteiger partial charge is 0.321 e. The topological polar surface area (TPSA) is 69.6 Å². The minimum atomic E-state index is -0.941. The molecule has 0 rings (SSSR count). The van der Waals surface area contributed by atoms with E-state index < -0.39 is 12.0 Å². The van der Waals surface area contributed by atoms with Gasteiger partial charge in [-0.1, -0.05) is 0 Å². The van der Waals surface area contributed by atoms with E-state index in [4.69, 9.17) is 10.2 Å². The van der Waals surface area contributed by atoms with Gasteiger partial charge in [0.1, 0.15) is 6.04 Å². The summed E-state index contributed by atoms with van der Waals surface area (Å²) in [6, 6.07) is -0.657. The SMILES string of the molecule is O=C(O)[C@@H](CS)NCCO. The van der Waals surface area contributed by atoms with Crippen LogP contribution in [0.15, 0.2) is 0 Å². The molecule has 60 valence electrons. The van der Waals surface area contributed by atoms with Gasteiger partial charge in [-0.2, -0.15) is 12.6 Å². The number of carbonyl (C=O) groups is 1. The van der Waals surface area contributed by atoms with Crippen LogP contribution in [0, 0.1) is 0 Å². The van der Waals surface area contributed by atoms with E-state index in [0.29, 0.717) is 0 Å². The number of aliphatic hydroxyl groups is 1. The van der Waals surface area contributed by atoms with E-state index in [1.165, 1.54) is 0 Å². The van der Waals surface area contributed by atoms with Crippen molar-refractivity contribution in [2.75, 3.05) is 18.9 Å². The van der Waals surface area contributed by atoms with Crippen molar-refractivity contribution in [1.29, 1.82) is 0 Å². The third kappa shape index (κ3) is 3.71. The summed E-state index contributed by atoms with van der Waals surface area (Å²) in [5.74, 6) is -0.710. The van der Waals surface area contributed by atoms with E-state index in [1.54, 1.807) is 0 Å². The molecule has 1 atom stereocenters. The van der Waals surface area contributed by atoms with Crippen molar-refractivity contribution in [2.24, 2.45) is 0 Å². The first kappa shape index (κ1) is 9.74. The van der Waals surface area contributed by atoms with E-state index in [2.05, 4.69) is 17.9 Å². The minimum absolute atomic E-state index is 0.0580. The summed E-state index contributed by atoms with van der Waals surface area (Å²) in [6.07, 6.45) is 0. The van der Waals surface area contributed by atoms with E-state index in [-0.39, 0.29) is 18.9 Å². The number of nitrogens with one attached hydrogen (secondary N) is 1. The molecular formula is C5H11NO3S. The van der Waals surface area contributed by atoms with E-state index >= 15 is 0 Å². The first-order valence-corrected chi connectivity index (χ1v) is 3.53. The zero-order chi connectivity index (χ0) is 7.98. The Morgan fingerprint density at radius 2 is 2.30 bits per heavy atom. The lowest BCUT2D eigenvalue weighted by Gasteiger charge is -2.09. The lowest BCUT2D eigenvalue weighted by atomic mass is 10.3. The molecule has 0 aromatic carbocycles. The van der Waals surface area contributed by atoms with E-state index in [1.807, 2.05) is 0 Å². The molecule has 3 N–H and O–H groups in total. The van der Waals surface area contributed by atoms with Crippen LogP contribution in [0.4, 0.5) is 0 Å². The quantitative estimate of drug-likeness (QED) is 0.392. The Balaban J connectivity index is 3.50. The summed E-state index contributed by atoms with van der Waals surface area (Å²) in [6.45, 7) is 0.231. The van der Waals surface area contributed by atoms with Gasteiger partial charge in [-0.05, 0) is 0 Å². The second kappa shape index (κ2) is 5.52. The third-order valence-corrected chi connectivity index (χ3v) is 1.35. The zero-order valence-electron chi connectivity index (χ0n) is 5.45. The third-order valence-electron chi connectivity index (χ3n) is 0.983. The van der Waals surface area contributed by atoms with Crippen molar-refractivity contribution in [3.8, 4) is 0 Å². The molecule has 4 nitrogen and oxygen atoms in total. The van der Waals surface area contributed by atoms with Crippen LogP contribution >= 0.6 is 12.6 Å². The molecular weight excluding hydrogens is 154 g/mol. The summed E-state index contributed by atoms with van der Waals surface area (Å²) in [5.41, 5.74) is 0. The fourth-order valence-electron chi connectivity index (χ4n) is 0.469. The van der Waals surface area contributed by atoms with Crippen LogP contribution in [-0.4, -0.2) is 41.1 Å². The molecule has 0 aliphatic heterocycles. The summed E-state index contributed by atoms with van der Waals surface area (Å²) < 4.78 is 0. The molecule has 0 bridgehead atoms. The van der Waals surface area contributed by atoms with Gasteiger partial charge in [-0.15, -0.1) is 0 Å². The predicted molar refractivity (Wildman–Crippen MR) is 40.4 cm³/mol. The largest absolute Gasteiger partial charge is 0.480 e. The Morgan fingerprint density at radius 3 is 2.60 bits per heavy atom. The molecule has 5 heteroatoms. The van der Waals surface area contributed by atoms with Gasteiger partial charge in [0, 0.05) is 12.3 Å². The van der Waals surface area contributed by atoms with Gasteiger partial charge in [0.25, 0.3) is 0 Å². The maximum absolute atomic E-state index is 10.2. The van der Waals surface area contributed by atoms with Crippen LogP contribution in [0.5, 0.6) is 0 Å². The number of hydrogen-bond donors (Lipinski definition) is 4. The van der Waals surface area contributed by atoms with Crippen molar-refractivity contribution in [3.63, 3.8) is 0 Å². The summed E-state index contributed by atoms with van der Waals surface area (Å²) in [5, 5.41) is 19.3. The second-order valence-electron chi connectivity index (χ2n) is 1.75. The Kier molecular flexibility index (Phi) is 5.38. The number of thiol groups is 1. The molecule has 0 radical (unpaired) electrons. The highest BCUT2D eigenvalue weighted by Gasteiger charge is 2.12. The molecule has 0 amide bonds. The van der Waals surface area contributed by atoms with Crippen molar-refractivity contribution in [3.05, 3.63) is 0 Å². The van der Waals surface area contributed by atoms with Crippen LogP contribution in [0.1, 0.15) is 0 Å². The van der Waals surface area contributed by atoms with Gasteiger partial charge in [0.05, 0.1) is 6.61 Å². The monoisotopic (exact) mass is 165 g/mol. The van der Waals surface area contributed by atoms with Crippen molar-refractivity contribution < 1.29 is 15.0 Å². The predicted octanol–water partition coefficient (Wildman–Crippen LogP) is -1.05. The van der Waals surface area contributed by atoms with Gasteiger partial charge < -0.3 is 15.5 Å². The lowest BCUT2D eigenvalue weighted by Crippen LogP contribution is -2.39. The summed E-state index contributed by atoms with van der Waals surface area (Å²) >= 11 is 3.80. The molecule has 0 aromatic rings. The van der Waals surface area contributed by atoms with Gasteiger partial charge in [-0.3, -0.25) is 4.79 Å². The number of rotatable bonds is 5. The number of carboxylic acid groups (broad SMARTS) is 1. The molecule has 0 aromatic heterocycles. The number of hydrogen-bond acceptors (Lipinski definition) is 4. The molecule has 0 saturated carbocycles.